The minimum Gasteiger partial charge on any atom is -0.353 e. The van der Waals surface area contributed by atoms with Crippen LogP contribution >= 0.6 is 0 Å². The number of anilines is 1. The molecule has 0 spiro atoms. The Labute approximate surface area is 88.3 Å². The molecule has 0 aliphatic carbocycles. The molecule has 3 N–H and O–H groups in total. The van der Waals surface area contributed by atoms with E-state index in [0.717, 1.165) is 24.3 Å². The van der Waals surface area contributed by atoms with Gasteiger partial charge in [0.2, 0.25) is 5.95 Å². The SMILES string of the molecule is Cc1cccc2nc(NCCCN)nn12. The molecule has 0 bridgehead atoms. The molecule has 5 nitrogen and oxygen atoms in total. The summed E-state index contributed by atoms with van der Waals surface area (Å²) in [4.78, 5) is 4.35. The molecule has 2 aromatic rings. The lowest BCUT2D eigenvalue weighted by Gasteiger charge is -1.97. The Balaban J connectivity index is 2.20. The molecule has 80 valence electrons. The molecule has 0 saturated carbocycles. The van der Waals surface area contributed by atoms with Crippen molar-refractivity contribution >= 4 is 11.6 Å². The summed E-state index contributed by atoms with van der Waals surface area (Å²) in [5, 5.41) is 7.48. The second kappa shape index (κ2) is 4.27. The van der Waals surface area contributed by atoms with Gasteiger partial charge in [0.15, 0.2) is 5.65 Å². The van der Waals surface area contributed by atoms with E-state index < -0.39 is 0 Å². The second-order valence-corrected chi connectivity index (χ2v) is 3.44. The van der Waals surface area contributed by atoms with E-state index in [1.807, 2.05) is 29.6 Å². The second-order valence-electron chi connectivity index (χ2n) is 3.44. The lowest BCUT2D eigenvalue weighted by molar-refractivity contribution is 0.855. The fraction of sp³-hybridized carbons (Fsp3) is 0.400. The number of aryl methyl sites for hydroxylation is 1. The molecular weight excluding hydrogens is 190 g/mol. The molecule has 2 aromatic heterocycles. The van der Waals surface area contributed by atoms with E-state index in [9.17, 15) is 0 Å². The number of nitrogens with zero attached hydrogens (tertiary/aromatic N) is 3. The number of aromatic nitrogens is 3. The number of pyridine rings is 1. The smallest absolute Gasteiger partial charge is 0.243 e. The van der Waals surface area contributed by atoms with Gasteiger partial charge in [0.25, 0.3) is 0 Å². The minimum absolute atomic E-state index is 0.665. The molecule has 2 heterocycles. The highest BCUT2D eigenvalue weighted by Crippen LogP contribution is 2.07. The van der Waals surface area contributed by atoms with Gasteiger partial charge in [-0.05, 0) is 32.0 Å². The van der Waals surface area contributed by atoms with Crippen LogP contribution in [0.2, 0.25) is 0 Å². The Morgan fingerprint density at radius 2 is 2.33 bits per heavy atom. The van der Waals surface area contributed by atoms with Crippen molar-refractivity contribution in [2.75, 3.05) is 18.4 Å². The summed E-state index contributed by atoms with van der Waals surface area (Å²) in [5.74, 6) is 0.665. The number of fused-ring (bicyclic) bond motifs is 1. The van der Waals surface area contributed by atoms with Gasteiger partial charge >= 0.3 is 0 Å². The maximum atomic E-state index is 5.41. The molecule has 0 saturated heterocycles. The third-order valence-corrected chi connectivity index (χ3v) is 2.21. The first-order valence-electron chi connectivity index (χ1n) is 5.07. The molecule has 0 aliphatic rings. The number of nitrogens with one attached hydrogen (secondary N) is 1. The fourth-order valence-corrected chi connectivity index (χ4v) is 1.41. The Hall–Kier alpha value is -1.62. The van der Waals surface area contributed by atoms with E-state index in [1.54, 1.807) is 0 Å². The van der Waals surface area contributed by atoms with Crippen molar-refractivity contribution in [2.45, 2.75) is 13.3 Å². The van der Waals surface area contributed by atoms with Crippen LogP contribution in [0.5, 0.6) is 0 Å². The maximum Gasteiger partial charge on any atom is 0.243 e. The predicted molar refractivity (Wildman–Crippen MR) is 59.9 cm³/mol. The van der Waals surface area contributed by atoms with Crippen molar-refractivity contribution in [3.63, 3.8) is 0 Å². The topological polar surface area (TPSA) is 68.2 Å². The zero-order valence-corrected chi connectivity index (χ0v) is 8.77. The highest BCUT2D eigenvalue weighted by molar-refractivity contribution is 5.44. The van der Waals surface area contributed by atoms with Crippen molar-refractivity contribution in [1.82, 2.24) is 14.6 Å². The largest absolute Gasteiger partial charge is 0.353 e. The van der Waals surface area contributed by atoms with Gasteiger partial charge in [0, 0.05) is 12.2 Å². The van der Waals surface area contributed by atoms with Crippen LogP contribution in [0, 0.1) is 6.92 Å². The van der Waals surface area contributed by atoms with Gasteiger partial charge in [0.05, 0.1) is 0 Å². The van der Waals surface area contributed by atoms with Crippen molar-refractivity contribution in [3.05, 3.63) is 23.9 Å². The summed E-state index contributed by atoms with van der Waals surface area (Å²) < 4.78 is 1.82. The summed E-state index contributed by atoms with van der Waals surface area (Å²) >= 11 is 0. The van der Waals surface area contributed by atoms with Crippen LogP contribution in [-0.2, 0) is 0 Å². The molecule has 0 unspecified atom stereocenters. The average Bonchev–Trinajstić information content (AvgIpc) is 2.63. The first kappa shape index (κ1) is 9.92. The van der Waals surface area contributed by atoms with Crippen molar-refractivity contribution < 1.29 is 0 Å². The Bertz CT molecular complexity index is 448. The number of rotatable bonds is 4. The third-order valence-electron chi connectivity index (χ3n) is 2.21. The minimum atomic E-state index is 0.665. The van der Waals surface area contributed by atoms with Crippen molar-refractivity contribution in [3.8, 4) is 0 Å². The summed E-state index contributed by atoms with van der Waals surface area (Å²) in [5.41, 5.74) is 7.35. The standard InChI is InChI=1S/C10H15N5/c1-8-4-2-5-9-13-10(14-15(8)9)12-7-3-6-11/h2,4-5H,3,6-7,11H2,1H3,(H,12,14). The molecule has 0 aromatic carbocycles. The van der Waals surface area contributed by atoms with Crippen LogP contribution in [0.15, 0.2) is 18.2 Å². The number of hydrogen-bond acceptors (Lipinski definition) is 4. The lowest BCUT2D eigenvalue weighted by atomic mass is 10.4. The van der Waals surface area contributed by atoms with E-state index in [0.29, 0.717) is 12.5 Å². The zero-order valence-electron chi connectivity index (χ0n) is 8.77. The van der Waals surface area contributed by atoms with Crippen LogP contribution in [0.1, 0.15) is 12.1 Å². The van der Waals surface area contributed by atoms with E-state index in [-0.39, 0.29) is 0 Å². The Morgan fingerprint density at radius 1 is 1.47 bits per heavy atom. The van der Waals surface area contributed by atoms with Crippen LogP contribution in [-0.4, -0.2) is 27.7 Å². The summed E-state index contributed by atoms with van der Waals surface area (Å²) in [6.45, 7) is 3.50. The molecule has 0 atom stereocenters. The van der Waals surface area contributed by atoms with Gasteiger partial charge in [-0.3, -0.25) is 0 Å². The van der Waals surface area contributed by atoms with Gasteiger partial charge < -0.3 is 11.1 Å². The van der Waals surface area contributed by atoms with Crippen molar-refractivity contribution in [1.29, 1.82) is 0 Å². The van der Waals surface area contributed by atoms with Gasteiger partial charge in [-0.2, -0.15) is 4.98 Å². The van der Waals surface area contributed by atoms with E-state index >= 15 is 0 Å². The Kier molecular flexibility index (Phi) is 2.82. The predicted octanol–water partition coefficient (Wildman–Crippen LogP) is 0.798. The molecule has 0 radical (unpaired) electrons. The maximum absolute atomic E-state index is 5.41. The average molecular weight is 205 g/mol. The van der Waals surface area contributed by atoms with Crippen LogP contribution in [0.4, 0.5) is 5.95 Å². The summed E-state index contributed by atoms with van der Waals surface area (Å²) in [6.07, 6.45) is 0.925. The Morgan fingerprint density at radius 3 is 3.07 bits per heavy atom. The third kappa shape index (κ3) is 2.07. The van der Waals surface area contributed by atoms with Crippen LogP contribution in [0.3, 0.4) is 0 Å². The summed E-state index contributed by atoms with van der Waals surface area (Å²) in [6, 6.07) is 5.92. The lowest BCUT2D eigenvalue weighted by Crippen LogP contribution is -2.09. The molecule has 0 aliphatic heterocycles. The monoisotopic (exact) mass is 205 g/mol. The molecular formula is C10H15N5. The molecule has 0 amide bonds. The quantitative estimate of drug-likeness (QED) is 0.724. The van der Waals surface area contributed by atoms with Crippen LogP contribution < -0.4 is 11.1 Å². The molecule has 15 heavy (non-hydrogen) atoms. The van der Waals surface area contributed by atoms with Gasteiger partial charge in [-0.25, -0.2) is 4.52 Å². The van der Waals surface area contributed by atoms with Crippen molar-refractivity contribution in [2.24, 2.45) is 5.73 Å². The van der Waals surface area contributed by atoms with Gasteiger partial charge in [-0.15, -0.1) is 5.10 Å². The highest BCUT2D eigenvalue weighted by Gasteiger charge is 2.03. The zero-order chi connectivity index (χ0) is 10.7. The molecule has 0 fully saturated rings. The van der Waals surface area contributed by atoms with Gasteiger partial charge in [-0.1, -0.05) is 6.07 Å². The fourth-order valence-electron chi connectivity index (χ4n) is 1.41. The van der Waals surface area contributed by atoms with E-state index in [4.69, 9.17) is 5.73 Å². The first-order valence-corrected chi connectivity index (χ1v) is 5.07. The number of hydrogen-bond donors (Lipinski definition) is 2. The molecule has 5 heteroatoms. The molecule has 2 rings (SSSR count). The van der Waals surface area contributed by atoms with Gasteiger partial charge in [0.1, 0.15) is 0 Å². The van der Waals surface area contributed by atoms with E-state index in [1.165, 1.54) is 0 Å². The normalized spacial score (nSPS) is 10.8. The highest BCUT2D eigenvalue weighted by atomic mass is 15.3. The summed E-state index contributed by atoms with van der Waals surface area (Å²) in [7, 11) is 0. The van der Waals surface area contributed by atoms with Crippen LogP contribution in [0.25, 0.3) is 5.65 Å². The first-order chi connectivity index (χ1) is 7.31. The number of nitrogens with two attached hydrogens (primary N) is 1. The van der Waals surface area contributed by atoms with E-state index in [2.05, 4.69) is 15.4 Å².